The van der Waals surface area contributed by atoms with Crippen molar-refractivity contribution in [2.75, 3.05) is 16.9 Å². The topological polar surface area (TPSA) is 67.1 Å². The lowest BCUT2D eigenvalue weighted by atomic mass is 10.3. The van der Waals surface area contributed by atoms with E-state index in [1.54, 1.807) is 13.8 Å². The predicted octanol–water partition coefficient (Wildman–Crippen LogP) is 2.10. The second kappa shape index (κ2) is 6.05. The van der Waals surface area contributed by atoms with E-state index in [4.69, 9.17) is 5.84 Å². The van der Waals surface area contributed by atoms with Gasteiger partial charge in [-0.05, 0) is 13.8 Å². The number of hydrogen-bond acceptors (Lipinski definition) is 5. The van der Waals surface area contributed by atoms with E-state index in [0.717, 1.165) is 0 Å². The van der Waals surface area contributed by atoms with Crippen LogP contribution in [0, 0.1) is 0 Å². The smallest absolute Gasteiger partial charge is 0.345 e. The minimum absolute atomic E-state index is 0.215. The lowest BCUT2D eigenvalue weighted by Gasteiger charge is -2.29. The number of aryl methyl sites for hydroxylation is 1. The maximum atomic E-state index is 12.6. The fraction of sp³-hybridized carbons (Fsp3) is 0.636. The Morgan fingerprint density at radius 3 is 2.42 bits per heavy atom. The summed E-state index contributed by atoms with van der Waals surface area (Å²) in [5, 5.41) is 0. The number of nitrogen functional groups attached to an aromatic ring is 1. The van der Waals surface area contributed by atoms with Crippen molar-refractivity contribution in [3.8, 4) is 0 Å². The molecule has 0 radical (unpaired) electrons. The molecule has 1 rings (SSSR count). The molecule has 0 aromatic carbocycles. The molecule has 1 aromatic rings. The normalized spacial score (nSPS) is 11.8. The Labute approximate surface area is 110 Å². The van der Waals surface area contributed by atoms with Crippen molar-refractivity contribution in [1.29, 1.82) is 0 Å². The minimum atomic E-state index is -4.29. The number of halogens is 3. The van der Waals surface area contributed by atoms with Gasteiger partial charge in [0.05, 0.1) is 0 Å². The maximum Gasteiger partial charge on any atom is 0.405 e. The molecule has 5 nitrogen and oxygen atoms in total. The van der Waals surface area contributed by atoms with Gasteiger partial charge in [-0.3, -0.25) is 0 Å². The summed E-state index contributed by atoms with van der Waals surface area (Å²) in [6.45, 7) is 4.11. The van der Waals surface area contributed by atoms with Crippen LogP contribution in [-0.2, 0) is 6.42 Å². The van der Waals surface area contributed by atoms with Crippen LogP contribution < -0.4 is 16.2 Å². The molecule has 1 aromatic heterocycles. The number of rotatable bonds is 5. The molecular formula is C11H18F3N5. The van der Waals surface area contributed by atoms with Crippen LogP contribution in [0.2, 0.25) is 0 Å². The van der Waals surface area contributed by atoms with Crippen molar-refractivity contribution < 1.29 is 13.2 Å². The predicted molar refractivity (Wildman–Crippen MR) is 67.8 cm³/mol. The van der Waals surface area contributed by atoms with Crippen molar-refractivity contribution in [2.24, 2.45) is 5.84 Å². The van der Waals surface area contributed by atoms with Crippen molar-refractivity contribution in [3.05, 3.63) is 11.9 Å². The van der Waals surface area contributed by atoms with Crippen LogP contribution in [0.4, 0.5) is 24.8 Å². The molecule has 1 heterocycles. The van der Waals surface area contributed by atoms with E-state index in [1.807, 2.05) is 6.92 Å². The van der Waals surface area contributed by atoms with Gasteiger partial charge in [0.15, 0.2) is 0 Å². The molecule has 0 aliphatic rings. The first-order valence-electron chi connectivity index (χ1n) is 5.94. The molecular weight excluding hydrogens is 259 g/mol. The average molecular weight is 277 g/mol. The van der Waals surface area contributed by atoms with Crippen LogP contribution in [0.25, 0.3) is 0 Å². The molecule has 0 bridgehead atoms. The maximum absolute atomic E-state index is 12.6. The molecule has 0 atom stereocenters. The summed E-state index contributed by atoms with van der Waals surface area (Å²) in [6, 6.07) is 1.07. The highest BCUT2D eigenvalue weighted by molar-refractivity contribution is 5.49. The molecule has 108 valence electrons. The number of alkyl halides is 3. The fourth-order valence-electron chi connectivity index (χ4n) is 1.58. The van der Waals surface area contributed by atoms with Gasteiger partial charge >= 0.3 is 6.18 Å². The molecule has 0 saturated carbocycles. The van der Waals surface area contributed by atoms with Crippen LogP contribution in [0.3, 0.4) is 0 Å². The third-order valence-electron chi connectivity index (χ3n) is 2.49. The number of nitrogens with zero attached hydrogens (tertiary/aromatic N) is 3. The summed E-state index contributed by atoms with van der Waals surface area (Å²) in [5.41, 5.74) is 2.34. The molecule has 0 spiro atoms. The number of anilines is 2. The van der Waals surface area contributed by atoms with Gasteiger partial charge in [-0.1, -0.05) is 6.92 Å². The van der Waals surface area contributed by atoms with Gasteiger partial charge in [-0.25, -0.2) is 15.8 Å². The van der Waals surface area contributed by atoms with Gasteiger partial charge in [0.1, 0.15) is 24.0 Å². The van der Waals surface area contributed by atoms with Crippen LogP contribution in [0.5, 0.6) is 0 Å². The quantitative estimate of drug-likeness (QED) is 0.637. The van der Waals surface area contributed by atoms with E-state index < -0.39 is 12.7 Å². The molecule has 0 aliphatic heterocycles. The first-order valence-corrected chi connectivity index (χ1v) is 5.94. The first kappa shape index (κ1) is 15.5. The van der Waals surface area contributed by atoms with Gasteiger partial charge in [-0.15, -0.1) is 0 Å². The summed E-state index contributed by atoms with van der Waals surface area (Å²) < 4.78 is 37.8. The Morgan fingerprint density at radius 1 is 1.37 bits per heavy atom. The highest BCUT2D eigenvalue weighted by Gasteiger charge is 2.32. The molecule has 3 N–H and O–H groups in total. The Kier molecular flexibility index (Phi) is 4.93. The van der Waals surface area contributed by atoms with E-state index in [1.165, 1.54) is 11.0 Å². The average Bonchev–Trinajstić information content (AvgIpc) is 2.33. The zero-order valence-corrected chi connectivity index (χ0v) is 11.1. The number of aromatic nitrogens is 2. The van der Waals surface area contributed by atoms with Gasteiger partial charge < -0.3 is 10.3 Å². The molecule has 0 unspecified atom stereocenters. The van der Waals surface area contributed by atoms with Gasteiger partial charge in [0.2, 0.25) is 0 Å². The molecule has 8 heteroatoms. The number of nitrogens with two attached hydrogens (primary N) is 1. The standard InChI is InChI=1S/C11H18F3N5/c1-4-8-16-9(18-15)5-10(17-8)19(7(2)3)6-11(12,13)14/h5,7H,4,6,15H2,1-3H3,(H,16,17,18). The molecule has 0 aliphatic carbocycles. The number of nitrogens with one attached hydrogen (secondary N) is 1. The molecule has 0 fully saturated rings. The third kappa shape index (κ3) is 4.55. The molecule has 19 heavy (non-hydrogen) atoms. The molecule has 0 saturated heterocycles. The number of hydrogen-bond donors (Lipinski definition) is 2. The monoisotopic (exact) mass is 277 g/mol. The van der Waals surface area contributed by atoms with Gasteiger partial charge in [0, 0.05) is 18.5 Å². The first-order chi connectivity index (χ1) is 8.76. The van der Waals surface area contributed by atoms with E-state index in [2.05, 4.69) is 15.4 Å². The fourth-order valence-corrected chi connectivity index (χ4v) is 1.58. The van der Waals surface area contributed by atoms with E-state index in [9.17, 15) is 13.2 Å². The minimum Gasteiger partial charge on any atom is -0.345 e. The van der Waals surface area contributed by atoms with Crippen molar-refractivity contribution in [3.63, 3.8) is 0 Å². The second-order valence-electron chi connectivity index (χ2n) is 4.36. The van der Waals surface area contributed by atoms with E-state index in [0.29, 0.717) is 18.1 Å². The third-order valence-corrected chi connectivity index (χ3v) is 2.49. The summed E-state index contributed by atoms with van der Waals surface area (Å²) in [4.78, 5) is 9.35. The van der Waals surface area contributed by atoms with Crippen molar-refractivity contribution in [1.82, 2.24) is 9.97 Å². The summed E-state index contributed by atoms with van der Waals surface area (Å²) in [6.07, 6.45) is -3.78. The van der Waals surface area contributed by atoms with E-state index in [-0.39, 0.29) is 11.9 Å². The van der Waals surface area contributed by atoms with Gasteiger partial charge in [-0.2, -0.15) is 13.2 Å². The van der Waals surface area contributed by atoms with Crippen LogP contribution in [-0.4, -0.2) is 28.7 Å². The Hall–Kier alpha value is -1.57. The van der Waals surface area contributed by atoms with Crippen molar-refractivity contribution >= 4 is 11.6 Å². The van der Waals surface area contributed by atoms with E-state index >= 15 is 0 Å². The zero-order chi connectivity index (χ0) is 14.6. The Morgan fingerprint density at radius 2 is 2.00 bits per heavy atom. The Bertz CT molecular complexity index is 397. The second-order valence-corrected chi connectivity index (χ2v) is 4.36. The summed E-state index contributed by atoms with van der Waals surface area (Å²) in [5.74, 6) is 6.22. The largest absolute Gasteiger partial charge is 0.405 e. The van der Waals surface area contributed by atoms with Crippen LogP contribution in [0.1, 0.15) is 26.6 Å². The highest BCUT2D eigenvalue weighted by atomic mass is 19.4. The van der Waals surface area contributed by atoms with Crippen molar-refractivity contribution in [2.45, 2.75) is 39.4 Å². The lowest BCUT2D eigenvalue weighted by molar-refractivity contribution is -0.120. The number of hydrazine groups is 1. The van der Waals surface area contributed by atoms with Crippen LogP contribution in [0.15, 0.2) is 6.07 Å². The lowest BCUT2D eigenvalue weighted by Crippen LogP contribution is -2.40. The zero-order valence-electron chi connectivity index (χ0n) is 11.1. The Balaban J connectivity index is 3.14. The van der Waals surface area contributed by atoms with Gasteiger partial charge in [0.25, 0.3) is 0 Å². The molecule has 0 amide bonds. The summed E-state index contributed by atoms with van der Waals surface area (Å²) >= 11 is 0. The highest BCUT2D eigenvalue weighted by Crippen LogP contribution is 2.24. The summed E-state index contributed by atoms with van der Waals surface area (Å²) in [7, 11) is 0. The SMILES string of the molecule is CCc1nc(NN)cc(N(CC(F)(F)F)C(C)C)n1. The van der Waals surface area contributed by atoms with Crippen LogP contribution >= 0.6 is 0 Å².